The molecule has 0 radical (unpaired) electrons. The number of anilines is 1. The highest BCUT2D eigenvalue weighted by Gasteiger charge is 2.24. The lowest BCUT2D eigenvalue weighted by Crippen LogP contribution is -2.33. The number of nitrogens with zero attached hydrogens (tertiary/aromatic N) is 2. The van der Waals surface area contributed by atoms with Crippen LogP contribution >= 0.6 is 0 Å². The summed E-state index contributed by atoms with van der Waals surface area (Å²) in [5, 5.41) is 2.49. The summed E-state index contributed by atoms with van der Waals surface area (Å²) in [6.07, 6.45) is 7.24. The van der Waals surface area contributed by atoms with Crippen LogP contribution in [-0.4, -0.2) is 17.6 Å². The van der Waals surface area contributed by atoms with Crippen LogP contribution in [0.4, 0.5) is 5.82 Å². The van der Waals surface area contributed by atoms with Crippen LogP contribution in [0, 0.1) is 0 Å². The van der Waals surface area contributed by atoms with Gasteiger partial charge in [0.25, 0.3) is 0 Å². The predicted molar refractivity (Wildman–Crippen MR) is 84.9 cm³/mol. The first-order valence-corrected chi connectivity index (χ1v) is 7.68. The molecule has 0 aliphatic heterocycles. The number of benzene rings is 1. The Labute approximate surface area is 120 Å². The van der Waals surface area contributed by atoms with E-state index in [-0.39, 0.29) is 0 Å². The van der Waals surface area contributed by atoms with E-state index in [9.17, 15) is 0 Å². The second-order valence-corrected chi connectivity index (χ2v) is 5.58. The van der Waals surface area contributed by atoms with Crippen molar-refractivity contribution < 1.29 is 0 Å². The second kappa shape index (κ2) is 5.80. The van der Waals surface area contributed by atoms with Gasteiger partial charge in [0, 0.05) is 30.7 Å². The summed E-state index contributed by atoms with van der Waals surface area (Å²) in [4.78, 5) is 7.22. The molecule has 1 aromatic carbocycles. The van der Waals surface area contributed by atoms with Gasteiger partial charge in [0.2, 0.25) is 0 Å². The Hall–Kier alpha value is -1.61. The van der Waals surface area contributed by atoms with Crippen LogP contribution in [0.2, 0.25) is 0 Å². The van der Waals surface area contributed by atoms with Gasteiger partial charge in [0.15, 0.2) is 0 Å². The third kappa shape index (κ3) is 2.27. The number of rotatable bonds is 4. The van der Waals surface area contributed by atoms with Gasteiger partial charge in [-0.1, -0.05) is 37.1 Å². The molecule has 0 atom stereocenters. The van der Waals surface area contributed by atoms with Crippen molar-refractivity contribution in [3.63, 3.8) is 0 Å². The SMILES string of the molecule is CCN(c1ncc(CN)c2ccccc12)C1CCCC1. The molecule has 0 unspecified atom stereocenters. The van der Waals surface area contributed by atoms with Gasteiger partial charge >= 0.3 is 0 Å². The van der Waals surface area contributed by atoms with Crippen molar-refractivity contribution in [3.05, 3.63) is 36.0 Å². The van der Waals surface area contributed by atoms with E-state index in [1.165, 1.54) is 36.5 Å². The summed E-state index contributed by atoms with van der Waals surface area (Å²) in [5.41, 5.74) is 6.97. The van der Waals surface area contributed by atoms with Gasteiger partial charge in [-0.05, 0) is 30.7 Å². The molecule has 2 aromatic rings. The van der Waals surface area contributed by atoms with E-state index in [0.29, 0.717) is 12.6 Å². The zero-order valence-electron chi connectivity index (χ0n) is 12.2. The van der Waals surface area contributed by atoms with Crippen LogP contribution in [-0.2, 0) is 6.54 Å². The van der Waals surface area contributed by atoms with E-state index >= 15 is 0 Å². The molecular weight excluding hydrogens is 246 g/mol. The Morgan fingerprint density at radius 3 is 2.55 bits per heavy atom. The average molecular weight is 269 g/mol. The normalized spacial score (nSPS) is 15.9. The molecule has 1 aliphatic rings. The highest BCUT2D eigenvalue weighted by molar-refractivity contribution is 5.94. The molecule has 0 bridgehead atoms. The first-order valence-electron chi connectivity index (χ1n) is 7.68. The lowest BCUT2D eigenvalue weighted by Gasteiger charge is -2.30. The fraction of sp³-hybridized carbons (Fsp3) is 0.471. The lowest BCUT2D eigenvalue weighted by molar-refractivity contribution is 0.615. The van der Waals surface area contributed by atoms with Crippen LogP contribution < -0.4 is 10.6 Å². The molecule has 3 heteroatoms. The maximum absolute atomic E-state index is 5.84. The quantitative estimate of drug-likeness (QED) is 0.924. The Bertz CT molecular complexity index is 588. The molecule has 20 heavy (non-hydrogen) atoms. The second-order valence-electron chi connectivity index (χ2n) is 5.58. The highest BCUT2D eigenvalue weighted by atomic mass is 15.2. The van der Waals surface area contributed by atoms with Gasteiger partial charge in [-0.15, -0.1) is 0 Å². The molecule has 2 N–H and O–H groups in total. The molecule has 106 valence electrons. The van der Waals surface area contributed by atoms with Gasteiger partial charge in [-0.2, -0.15) is 0 Å². The number of nitrogens with two attached hydrogens (primary N) is 1. The Balaban J connectivity index is 2.10. The van der Waals surface area contributed by atoms with E-state index in [1.807, 2.05) is 6.20 Å². The summed E-state index contributed by atoms with van der Waals surface area (Å²) in [6.45, 7) is 3.79. The maximum atomic E-state index is 5.84. The van der Waals surface area contributed by atoms with Crippen molar-refractivity contribution in [2.75, 3.05) is 11.4 Å². The van der Waals surface area contributed by atoms with E-state index in [4.69, 9.17) is 10.7 Å². The molecule has 1 fully saturated rings. The van der Waals surface area contributed by atoms with Crippen LogP contribution in [0.15, 0.2) is 30.5 Å². The summed E-state index contributed by atoms with van der Waals surface area (Å²) in [5.74, 6) is 1.13. The van der Waals surface area contributed by atoms with Gasteiger partial charge in [-0.25, -0.2) is 4.98 Å². The fourth-order valence-corrected chi connectivity index (χ4v) is 3.42. The molecule has 0 saturated heterocycles. The lowest BCUT2D eigenvalue weighted by atomic mass is 10.1. The Morgan fingerprint density at radius 1 is 1.20 bits per heavy atom. The molecule has 1 aliphatic carbocycles. The van der Waals surface area contributed by atoms with E-state index in [0.717, 1.165) is 17.9 Å². The van der Waals surface area contributed by atoms with Crippen LogP contribution in [0.25, 0.3) is 10.8 Å². The van der Waals surface area contributed by atoms with E-state index in [2.05, 4.69) is 36.1 Å². The van der Waals surface area contributed by atoms with Gasteiger partial charge in [0.1, 0.15) is 5.82 Å². The van der Waals surface area contributed by atoms with Crippen molar-refractivity contribution in [3.8, 4) is 0 Å². The van der Waals surface area contributed by atoms with Crippen molar-refractivity contribution in [1.82, 2.24) is 4.98 Å². The summed E-state index contributed by atoms with van der Waals surface area (Å²) >= 11 is 0. The minimum absolute atomic E-state index is 0.545. The highest BCUT2D eigenvalue weighted by Crippen LogP contribution is 2.32. The minimum atomic E-state index is 0.545. The monoisotopic (exact) mass is 269 g/mol. The first-order chi connectivity index (χ1) is 9.85. The molecule has 1 aromatic heterocycles. The van der Waals surface area contributed by atoms with E-state index in [1.54, 1.807) is 0 Å². The van der Waals surface area contributed by atoms with Gasteiger partial charge in [-0.3, -0.25) is 0 Å². The molecular formula is C17H23N3. The van der Waals surface area contributed by atoms with Crippen molar-refractivity contribution in [1.29, 1.82) is 0 Å². The van der Waals surface area contributed by atoms with Gasteiger partial charge in [0.05, 0.1) is 0 Å². The number of aromatic nitrogens is 1. The zero-order valence-corrected chi connectivity index (χ0v) is 12.2. The third-order valence-electron chi connectivity index (χ3n) is 4.45. The van der Waals surface area contributed by atoms with Crippen LogP contribution in [0.3, 0.4) is 0 Å². The fourth-order valence-electron chi connectivity index (χ4n) is 3.42. The third-order valence-corrected chi connectivity index (χ3v) is 4.45. The number of hydrogen-bond acceptors (Lipinski definition) is 3. The predicted octanol–water partition coefficient (Wildman–Crippen LogP) is 3.46. The van der Waals surface area contributed by atoms with Gasteiger partial charge < -0.3 is 10.6 Å². The van der Waals surface area contributed by atoms with Crippen molar-refractivity contribution in [2.24, 2.45) is 5.73 Å². The molecule has 3 rings (SSSR count). The molecule has 0 spiro atoms. The molecule has 1 saturated carbocycles. The Kier molecular flexibility index (Phi) is 3.88. The van der Waals surface area contributed by atoms with E-state index < -0.39 is 0 Å². The summed E-state index contributed by atoms with van der Waals surface area (Å²) in [7, 11) is 0. The minimum Gasteiger partial charge on any atom is -0.353 e. The molecule has 3 nitrogen and oxygen atoms in total. The summed E-state index contributed by atoms with van der Waals surface area (Å²) < 4.78 is 0. The largest absolute Gasteiger partial charge is 0.353 e. The number of hydrogen-bond donors (Lipinski definition) is 1. The summed E-state index contributed by atoms with van der Waals surface area (Å²) in [6, 6.07) is 9.16. The topological polar surface area (TPSA) is 42.2 Å². The zero-order chi connectivity index (χ0) is 13.9. The van der Waals surface area contributed by atoms with Crippen LogP contribution in [0.5, 0.6) is 0 Å². The maximum Gasteiger partial charge on any atom is 0.136 e. The number of pyridine rings is 1. The molecule has 1 heterocycles. The Morgan fingerprint density at radius 2 is 1.90 bits per heavy atom. The van der Waals surface area contributed by atoms with Crippen molar-refractivity contribution in [2.45, 2.75) is 45.2 Å². The smallest absolute Gasteiger partial charge is 0.136 e. The molecule has 0 amide bonds. The average Bonchev–Trinajstić information content (AvgIpc) is 3.02. The first kappa shape index (κ1) is 13.4. The number of fused-ring (bicyclic) bond motifs is 1. The van der Waals surface area contributed by atoms with Crippen LogP contribution in [0.1, 0.15) is 38.2 Å². The standard InChI is InChI=1S/C17H23N3/c1-2-20(14-7-3-4-8-14)17-16-10-6-5-9-15(16)13(11-18)12-19-17/h5-6,9-10,12,14H,2-4,7-8,11,18H2,1H3. The van der Waals surface area contributed by atoms with Crippen molar-refractivity contribution >= 4 is 16.6 Å².